The van der Waals surface area contributed by atoms with Crippen molar-refractivity contribution in [3.8, 4) is 33.4 Å². The van der Waals surface area contributed by atoms with Gasteiger partial charge in [0, 0.05) is 43.2 Å². The summed E-state index contributed by atoms with van der Waals surface area (Å²) >= 11 is 1.88. The first-order valence-corrected chi connectivity index (χ1v) is 20.7. The number of hydrogen-bond donors (Lipinski definition) is 0. The highest BCUT2D eigenvalue weighted by Crippen LogP contribution is 2.43. The first-order chi connectivity index (χ1) is 27.6. The first-order valence-electron chi connectivity index (χ1n) is 19.9. The van der Waals surface area contributed by atoms with Gasteiger partial charge in [-0.25, -0.2) is 0 Å². The van der Waals surface area contributed by atoms with Crippen LogP contribution in [0.25, 0.3) is 64.3 Å². The fraction of sp³-hybridized carbons (Fsp3) is 0.111. The molecule has 56 heavy (non-hydrogen) atoms. The highest BCUT2D eigenvalue weighted by molar-refractivity contribution is 7.25. The van der Waals surface area contributed by atoms with Crippen LogP contribution in [0.15, 0.2) is 205 Å². The number of benzene rings is 7. The van der Waals surface area contributed by atoms with E-state index in [1.165, 1.54) is 92.5 Å². The smallest absolute Gasteiger partial charge is 0.0458 e. The molecule has 1 nitrogen and oxygen atoms in total. The summed E-state index contributed by atoms with van der Waals surface area (Å²) in [5.74, 6) is 0.910. The summed E-state index contributed by atoms with van der Waals surface area (Å²) in [4.78, 5) is 2.50. The Labute approximate surface area is 333 Å². The van der Waals surface area contributed by atoms with Gasteiger partial charge in [0.1, 0.15) is 0 Å². The van der Waals surface area contributed by atoms with Crippen LogP contribution in [0.5, 0.6) is 0 Å². The molecule has 0 radical (unpaired) electrons. The standard InChI is InChI=1S/C54H43NS/c1-36-10-7-13-41(32-36)46-21-20-37(2)51(35-46)55(48-30-26-40(27-31-48)49-17-9-19-53-54(49)50-16-5-6-18-52(50)56-53)47-28-24-39(25-29-47)43-14-8-15-44(33-43)45-23-22-38-11-3-4-12-42(38)34-45/h3-19,21-31,33-37H,20,32H2,1-2H3. The van der Waals surface area contributed by atoms with Gasteiger partial charge in [-0.1, -0.05) is 147 Å². The Kier molecular flexibility index (Phi) is 8.85. The molecule has 10 rings (SSSR count). The van der Waals surface area contributed by atoms with E-state index in [-0.39, 0.29) is 0 Å². The number of fused-ring (bicyclic) bond motifs is 4. The Balaban J connectivity index is 1.03. The van der Waals surface area contributed by atoms with E-state index in [0.29, 0.717) is 11.8 Å². The third kappa shape index (κ3) is 6.40. The van der Waals surface area contributed by atoms with Crippen molar-refractivity contribution < 1.29 is 0 Å². The highest BCUT2D eigenvalue weighted by atomic mass is 32.1. The molecule has 2 unspecified atom stereocenters. The van der Waals surface area contributed by atoms with Gasteiger partial charge in [-0.2, -0.15) is 0 Å². The molecule has 7 aromatic carbocycles. The second-order valence-corrected chi connectivity index (χ2v) is 16.6. The third-order valence-corrected chi connectivity index (χ3v) is 12.8. The van der Waals surface area contributed by atoms with Crippen molar-refractivity contribution in [3.63, 3.8) is 0 Å². The largest absolute Gasteiger partial charge is 0.314 e. The van der Waals surface area contributed by atoms with Gasteiger partial charge in [-0.15, -0.1) is 11.3 Å². The molecule has 1 heterocycles. The topological polar surface area (TPSA) is 3.24 Å². The number of hydrogen-bond acceptors (Lipinski definition) is 2. The zero-order valence-corrected chi connectivity index (χ0v) is 32.6. The molecule has 2 aliphatic rings. The summed E-state index contributed by atoms with van der Waals surface area (Å²) in [6.07, 6.45) is 13.8. The fourth-order valence-electron chi connectivity index (χ4n) is 8.65. The lowest BCUT2D eigenvalue weighted by molar-refractivity contribution is 0.659. The van der Waals surface area contributed by atoms with Crippen LogP contribution in [-0.2, 0) is 0 Å². The zero-order valence-electron chi connectivity index (χ0n) is 31.8. The lowest BCUT2D eigenvalue weighted by Crippen LogP contribution is -2.23. The maximum Gasteiger partial charge on any atom is 0.0458 e. The number of thiophene rings is 1. The molecular formula is C54H43NS. The van der Waals surface area contributed by atoms with Crippen LogP contribution in [0, 0.1) is 11.8 Å². The quantitative estimate of drug-likeness (QED) is 0.157. The maximum absolute atomic E-state index is 2.50. The Morgan fingerprint density at radius 2 is 1.23 bits per heavy atom. The maximum atomic E-state index is 2.50. The van der Waals surface area contributed by atoms with Crippen LogP contribution < -0.4 is 4.90 Å². The van der Waals surface area contributed by atoms with E-state index in [1.807, 2.05) is 11.3 Å². The normalized spacial score (nSPS) is 16.9. The molecule has 8 aromatic rings. The molecular weight excluding hydrogens is 695 g/mol. The highest BCUT2D eigenvalue weighted by Gasteiger charge is 2.25. The third-order valence-electron chi connectivity index (χ3n) is 11.7. The molecule has 0 saturated carbocycles. The van der Waals surface area contributed by atoms with Gasteiger partial charge in [0.25, 0.3) is 0 Å². The molecule has 0 saturated heterocycles. The van der Waals surface area contributed by atoms with Gasteiger partial charge in [-0.3, -0.25) is 0 Å². The Morgan fingerprint density at radius 1 is 0.571 bits per heavy atom. The zero-order chi connectivity index (χ0) is 37.6. The second-order valence-electron chi connectivity index (χ2n) is 15.5. The van der Waals surface area contributed by atoms with Crippen LogP contribution >= 0.6 is 11.3 Å². The molecule has 0 aliphatic heterocycles. The van der Waals surface area contributed by atoms with E-state index in [0.717, 1.165) is 12.8 Å². The number of allylic oxidation sites excluding steroid dienone is 8. The predicted octanol–water partition coefficient (Wildman–Crippen LogP) is 15.7. The Morgan fingerprint density at radius 3 is 2.04 bits per heavy atom. The molecule has 1 aromatic heterocycles. The molecule has 2 heteroatoms. The van der Waals surface area contributed by atoms with Crippen molar-refractivity contribution >= 4 is 53.7 Å². The number of anilines is 2. The number of nitrogens with zero attached hydrogens (tertiary/aromatic N) is 1. The fourth-order valence-corrected chi connectivity index (χ4v) is 9.79. The Bertz CT molecular complexity index is 2880. The predicted molar refractivity (Wildman–Crippen MR) is 243 cm³/mol. The monoisotopic (exact) mass is 737 g/mol. The molecule has 2 atom stereocenters. The van der Waals surface area contributed by atoms with E-state index >= 15 is 0 Å². The summed E-state index contributed by atoms with van der Waals surface area (Å²) < 4.78 is 2.67. The first kappa shape index (κ1) is 34.3. The number of rotatable bonds is 7. The Hall–Kier alpha value is -6.22. The van der Waals surface area contributed by atoms with Gasteiger partial charge < -0.3 is 4.90 Å². The van der Waals surface area contributed by atoms with E-state index in [2.05, 4.69) is 207 Å². The van der Waals surface area contributed by atoms with E-state index < -0.39 is 0 Å². The van der Waals surface area contributed by atoms with Gasteiger partial charge in [0.15, 0.2) is 0 Å². The second kappa shape index (κ2) is 14.5. The molecule has 0 bridgehead atoms. The van der Waals surface area contributed by atoms with Crippen LogP contribution in [0.4, 0.5) is 11.4 Å². The van der Waals surface area contributed by atoms with Crippen LogP contribution in [0.2, 0.25) is 0 Å². The van der Waals surface area contributed by atoms with Crippen LogP contribution in [0.3, 0.4) is 0 Å². The summed E-state index contributed by atoms with van der Waals surface area (Å²) in [5, 5.41) is 5.21. The summed E-state index contributed by atoms with van der Waals surface area (Å²) in [5.41, 5.74) is 13.9. The molecule has 0 amide bonds. The van der Waals surface area contributed by atoms with Crippen molar-refractivity contribution in [3.05, 3.63) is 205 Å². The lowest BCUT2D eigenvalue weighted by Gasteiger charge is -2.34. The average molecular weight is 738 g/mol. The molecule has 0 spiro atoms. The average Bonchev–Trinajstić information content (AvgIpc) is 3.64. The van der Waals surface area contributed by atoms with Gasteiger partial charge >= 0.3 is 0 Å². The van der Waals surface area contributed by atoms with Crippen LogP contribution in [0.1, 0.15) is 26.7 Å². The van der Waals surface area contributed by atoms with Gasteiger partial charge in [-0.05, 0) is 129 Å². The molecule has 0 N–H and O–H groups in total. The lowest BCUT2D eigenvalue weighted by atomic mass is 9.85. The minimum Gasteiger partial charge on any atom is -0.314 e. The molecule has 0 fully saturated rings. The minimum absolute atomic E-state index is 0.361. The van der Waals surface area contributed by atoms with E-state index in [4.69, 9.17) is 0 Å². The van der Waals surface area contributed by atoms with E-state index in [1.54, 1.807) is 0 Å². The van der Waals surface area contributed by atoms with Gasteiger partial charge in [0.2, 0.25) is 0 Å². The summed E-state index contributed by atoms with van der Waals surface area (Å²) in [6, 6.07) is 58.3. The summed E-state index contributed by atoms with van der Waals surface area (Å²) in [6.45, 7) is 4.68. The molecule has 2 aliphatic carbocycles. The minimum atomic E-state index is 0.361. The van der Waals surface area contributed by atoms with Gasteiger partial charge in [0.05, 0.1) is 0 Å². The van der Waals surface area contributed by atoms with Crippen molar-refractivity contribution in [2.45, 2.75) is 26.7 Å². The van der Waals surface area contributed by atoms with Crippen molar-refractivity contribution in [2.24, 2.45) is 11.8 Å². The SMILES string of the molecule is CC1C=CC=C(C2=CCC(C)C(N(c3ccc(-c4cccc(-c5ccc6ccccc6c5)c4)cc3)c3ccc(-c4cccc5sc6ccccc6c45)cc3)=C2)C1. The van der Waals surface area contributed by atoms with E-state index in [9.17, 15) is 0 Å². The molecule has 270 valence electrons. The van der Waals surface area contributed by atoms with Crippen molar-refractivity contribution in [1.29, 1.82) is 0 Å². The summed E-state index contributed by atoms with van der Waals surface area (Å²) in [7, 11) is 0. The van der Waals surface area contributed by atoms with Crippen LogP contribution in [-0.4, -0.2) is 0 Å². The van der Waals surface area contributed by atoms with Crippen molar-refractivity contribution in [1.82, 2.24) is 0 Å². The van der Waals surface area contributed by atoms with Crippen molar-refractivity contribution in [2.75, 3.05) is 4.90 Å².